The van der Waals surface area contributed by atoms with Crippen molar-refractivity contribution in [2.45, 2.75) is 0 Å². The van der Waals surface area contributed by atoms with Gasteiger partial charge >= 0.3 is 0 Å². The molecule has 0 aliphatic rings. The van der Waals surface area contributed by atoms with Crippen molar-refractivity contribution >= 4 is 76.3 Å². The van der Waals surface area contributed by atoms with Crippen molar-refractivity contribution in [3.8, 4) is 56.7 Å². The zero-order chi connectivity index (χ0) is 44.0. The molecule has 67 heavy (non-hydrogen) atoms. The van der Waals surface area contributed by atoms with E-state index in [1.54, 1.807) is 0 Å². The Hall–Kier alpha value is -9.13. The summed E-state index contributed by atoms with van der Waals surface area (Å²) in [5.74, 6) is 1.79. The van der Waals surface area contributed by atoms with Crippen molar-refractivity contribution in [1.29, 1.82) is 0 Å². The van der Waals surface area contributed by atoms with Crippen LogP contribution < -0.4 is 0 Å². The fourth-order valence-corrected chi connectivity index (χ4v) is 10.3. The second kappa shape index (κ2) is 14.7. The molecule has 6 nitrogen and oxygen atoms in total. The molecule has 0 unspecified atom stereocenters. The van der Waals surface area contributed by atoms with E-state index in [0.717, 1.165) is 77.1 Å². The molecule has 0 aliphatic carbocycles. The molecular weight excluding hydrogens is 819 g/mol. The molecule has 312 valence electrons. The zero-order valence-corrected chi connectivity index (χ0v) is 36.0. The molecule has 0 saturated carbocycles. The molecule has 0 aliphatic heterocycles. The number of hydrogen-bond donors (Lipinski definition) is 0. The van der Waals surface area contributed by atoms with E-state index >= 15 is 0 Å². The second-order valence-corrected chi connectivity index (χ2v) is 17.2. The van der Waals surface area contributed by atoms with E-state index < -0.39 is 0 Å². The summed E-state index contributed by atoms with van der Waals surface area (Å²) in [6.45, 7) is 0. The molecule has 0 bridgehead atoms. The van der Waals surface area contributed by atoms with Gasteiger partial charge in [0.05, 0.1) is 27.8 Å². The highest BCUT2D eigenvalue weighted by atomic mass is 16.3. The van der Waals surface area contributed by atoms with Gasteiger partial charge in [-0.2, -0.15) is 9.97 Å². The highest BCUT2D eigenvalue weighted by molar-refractivity contribution is 6.16. The van der Waals surface area contributed by atoms with Crippen LogP contribution in [0, 0.1) is 0 Å². The summed E-state index contributed by atoms with van der Waals surface area (Å²) in [5.41, 5.74) is 13.5. The van der Waals surface area contributed by atoms with Gasteiger partial charge in [0.15, 0.2) is 11.6 Å². The van der Waals surface area contributed by atoms with Gasteiger partial charge < -0.3 is 8.98 Å². The van der Waals surface area contributed by atoms with E-state index in [0.29, 0.717) is 17.6 Å². The number of aromatic nitrogens is 5. The first-order chi connectivity index (χ1) is 33.2. The Labute approximate surface area is 384 Å². The number of furan rings is 1. The van der Waals surface area contributed by atoms with Crippen LogP contribution in [-0.4, -0.2) is 24.1 Å². The molecule has 0 amide bonds. The van der Waals surface area contributed by atoms with Gasteiger partial charge in [0.25, 0.3) is 0 Å². The Bertz CT molecular complexity index is 4210. The van der Waals surface area contributed by atoms with Crippen molar-refractivity contribution in [2.24, 2.45) is 0 Å². The molecule has 0 radical (unpaired) electrons. The average Bonchev–Trinajstić information content (AvgIpc) is 4.06. The summed E-state index contributed by atoms with van der Waals surface area (Å²) in [5, 5.41) is 9.28. The van der Waals surface area contributed by atoms with Gasteiger partial charge in [-0.3, -0.25) is 4.57 Å². The molecule has 0 N–H and O–H groups in total. The summed E-state index contributed by atoms with van der Waals surface area (Å²) in [4.78, 5) is 15.4. The first kappa shape index (κ1) is 37.3. The summed E-state index contributed by atoms with van der Waals surface area (Å²) >= 11 is 0. The number of rotatable bonds is 6. The molecule has 0 spiro atoms. The van der Waals surface area contributed by atoms with Crippen LogP contribution in [0.25, 0.3) is 133 Å². The van der Waals surface area contributed by atoms with Crippen molar-refractivity contribution in [1.82, 2.24) is 24.1 Å². The Kier molecular flexibility index (Phi) is 8.18. The number of hydrogen-bond acceptors (Lipinski definition) is 4. The summed E-state index contributed by atoms with van der Waals surface area (Å²) in [7, 11) is 0. The maximum atomic E-state index is 6.62. The minimum atomic E-state index is 0.560. The highest BCUT2D eigenvalue weighted by Gasteiger charge is 2.21. The highest BCUT2D eigenvalue weighted by Crippen LogP contribution is 2.42. The maximum absolute atomic E-state index is 6.62. The fraction of sp³-hybridized carbons (Fsp3) is 0. The zero-order valence-electron chi connectivity index (χ0n) is 36.0. The third-order valence-electron chi connectivity index (χ3n) is 13.4. The molecule has 10 aromatic carbocycles. The monoisotopic (exact) mass is 855 g/mol. The van der Waals surface area contributed by atoms with E-state index in [9.17, 15) is 0 Å². The van der Waals surface area contributed by atoms with E-state index in [1.807, 2.05) is 60.7 Å². The predicted octanol–water partition coefficient (Wildman–Crippen LogP) is 15.8. The molecule has 0 atom stereocenters. The molecule has 14 aromatic rings. The average molecular weight is 856 g/mol. The lowest BCUT2D eigenvalue weighted by Crippen LogP contribution is -2.06. The van der Waals surface area contributed by atoms with Crippen LogP contribution in [0.5, 0.6) is 0 Å². The molecule has 4 heterocycles. The quantitative estimate of drug-likeness (QED) is 0.167. The van der Waals surface area contributed by atoms with Crippen LogP contribution in [0.4, 0.5) is 0 Å². The largest absolute Gasteiger partial charge is 0.456 e. The second-order valence-electron chi connectivity index (χ2n) is 17.2. The van der Waals surface area contributed by atoms with Gasteiger partial charge in [0.1, 0.15) is 11.2 Å². The first-order valence-corrected chi connectivity index (χ1v) is 22.6. The summed E-state index contributed by atoms with van der Waals surface area (Å²) < 4.78 is 11.2. The summed E-state index contributed by atoms with van der Waals surface area (Å²) in [6.07, 6.45) is 0. The lowest BCUT2D eigenvalue weighted by molar-refractivity contribution is 0.669. The normalized spacial score (nSPS) is 11.9. The lowest BCUT2D eigenvalue weighted by atomic mass is 9.96. The Morgan fingerprint density at radius 2 is 0.881 bits per heavy atom. The van der Waals surface area contributed by atoms with Crippen molar-refractivity contribution in [3.05, 3.63) is 224 Å². The third kappa shape index (κ3) is 5.86. The predicted molar refractivity (Wildman–Crippen MR) is 275 cm³/mol. The van der Waals surface area contributed by atoms with Gasteiger partial charge in [-0.15, -0.1) is 0 Å². The number of para-hydroxylation sites is 2. The number of nitrogens with zero attached hydrogens (tertiary/aromatic N) is 5. The smallest absolute Gasteiger partial charge is 0.238 e. The SMILES string of the molecule is c1ccc(-c2nc(-c3ccccc3)nc(-n3c4ccccc4c4ccc(-c5cccc6oc7ccc(-c8ccc9c(c8)c8ccccc8n9-c8cccc9ccccc89)cc7c56)cc43)n2)cc1. The summed E-state index contributed by atoms with van der Waals surface area (Å²) in [6, 6.07) is 79.3. The number of benzene rings is 10. The van der Waals surface area contributed by atoms with Gasteiger partial charge in [-0.05, 0) is 82.2 Å². The molecule has 4 aromatic heterocycles. The minimum absolute atomic E-state index is 0.560. The van der Waals surface area contributed by atoms with E-state index in [4.69, 9.17) is 19.4 Å². The van der Waals surface area contributed by atoms with Crippen LogP contribution in [0.15, 0.2) is 229 Å². The Morgan fingerprint density at radius 1 is 0.313 bits per heavy atom. The van der Waals surface area contributed by atoms with E-state index in [2.05, 4.69) is 173 Å². The van der Waals surface area contributed by atoms with Gasteiger partial charge in [0.2, 0.25) is 5.95 Å². The van der Waals surface area contributed by atoms with Gasteiger partial charge in [0, 0.05) is 48.8 Å². The van der Waals surface area contributed by atoms with Gasteiger partial charge in [-0.1, -0.05) is 170 Å². The van der Waals surface area contributed by atoms with Crippen molar-refractivity contribution < 1.29 is 4.42 Å². The fourth-order valence-electron chi connectivity index (χ4n) is 10.3. The van der Waals surface area contributed by atoms with Crippen molar-refractivity contribution in [3.63, 3.8) is 0 Å². The number of fused-ring (bicyclic) bond motifs is 10. The van der Waals surface area contributed by atoms with Crippen molar-refractivity contribution in [2.75, 3.05) is 0 Å². The molecule has 0 saturated heterocycles. The van der Waals surface area contributed by atoms with Crippen LogP contribution in [0.2, 0.25) is 0 Å². The minimum Gasteiger partial charge on any atom is -0.456 e. The lowest BCUT2D eigenvalue weighted by Gasteiger charge is -2.12. The molecular formula is C61H37N5O. The Balaban J connectivity index is 0.940. The van der Waals surface area contributed by atoms with Crippen LogP contribution in [0.3, 0.4) is 0 Å². The molecule has 6 heteroatoms. The van der Waals surface area contributed by atoms with E-state index in [1.165, 1.54) is 38.3 Å². The van der Waals surface area contributed by atoms with Crippen LogP contribution in [0.1, 0.15) is 0 Å². The molecule has 0 fully saturated rings. The third-order valence-corrected chi connectivity index (χ3v) is 13.4. The maximum Gasteiger partial charge on any atom is 0.238 e. The van der Waals surface area contributed by atoms with E-state index in [-0.39, 0.29) is 0 Å². The van der Waals surface area contributed by atoms with Crippen LogP contribution >= 0.6 is 0 Å². The molecule has 14 rings (SSSR count). The topological polar surface area (TPSA) is 61.7 Å². The van der Waals surface area contributed by atoms with Gasteiger partial charge in [-0.25, -0.2) is 4.98 Å². The Morgan fingerprint density at radius 3 is 1.64 bits per heavy atom. The van der Waals surface area contributed by atoms with Crippen LogP contribution in [-0.2, 0) is 0 Å². The standard InChI is InChI=1S/C61H37N5O/c1-3-16-39(17-4-1)59-62-60(40-18-5-2-6-19-40)64-61(63-59)66-53-26-12-9-22-46(53)48-32-29-43(37-55(48)66)45-24-14-28-57-58(45)50-36-42(31-34-56(50)67-57)41-30-33-54-49(35-41)47-23-10-11-25-52(47)65(54)51-27-13-20-38-15-7-8-21-44(38)51/h1-37H. The first-order valence-electron chi connectivity index (χ1n) is 22.6.